The van der Waals surface area contributed by atoms with Gasteiger partial charge in [0.2, 0.25) is 0 Å². The van der Waals surface area contributed by atoms with Gasteiger partial charge in [-0.1, -0.05) is 49.7 Å². The molecule has 2 aromatic carbocycles. The van der Waals surface area contributed by atoms with E-state index in [1.165, 1.54) is 11.6 Å². The highest BCUT2D eigenvalue weighted by molar-refractivity contribution is 6.30. The number of hydrogen-bond acceptors (Lipinski definition) is 0. The van der Waals surface area contributed by atoms with E-state index >= 15 is 0 Å². The standard InChI is InChI=1S/C15H14ClF/c1-10(2)11-3-5-12(6-4-11)14-8-7-13(16)9-15(14)17/h3-10H,1-2H3. The second kappa shape index (κ2) is 4.89. The Kier molecular flexibility index (Phi) is 3.49. The van der Waals surface area contributed by atoms with Gasteiger partial charge in [0.15, 0.2) is 0 Å². The maximum absolute atomic E-state index is 13.7. The Morgan fingerprint density at radius 2 is 1.65 bits per heavy atom. The van der Waals surface area contributed by atoms with E-state index in [1.807, 2.05) is 24.3 Å². The quantitative estimate of drug-likeness (QED) is 0.679. The number of benzene rings is 2. The molecule has 2 aromatic rings. The van der Waals surface area contributed by atoms with Gasteiger partial charge in [0.05, 0.1) is 0 Å². The predicted octanol–water partition coefficient (Wildman–Crippen LogP) is 5.27. The molecule has 0 saturated heterocycles. The lowest BCUT2D eigenvalue weighted by Crippen LogP contribution is -1.88. The summed E-state index contributed by atoms with van der Waals surface area (Å²) in [5, 5.41) is 0.421. The SMILES string of the molecule is CC(C)c1ccc(-c2ccc(Cl)cc2F)cc1. The van der Waals surface area contributed by atoms with Gasteiger partial charge in [-0.25, -0.2) is 4.39 Å². The summed E-state index contributed by atoms with van der Waals surface area (Å²) in [6.45, 7) is 4.27. The van der Waals surface area contributed by atoms with Crippen LogP contribution >= 0.6 is 11.6 Å². The van der Waals surface area contributed by atoms with E-state index in [-0.39, 0.29) is 5.82 Å². The zero-order valence-electron chi connectivity index (χ0n) is 9.87. The molecular formula is C15H14ClF. The Morgan fingerprint density at radius 3 is 2.18 bits per heavy atom. The topological polar surface area (TPSA) is 0 Å². The zero-order chi connectivity index (χ0) is 12.4. The van der Waals surface area contributed by atoms with Crippen LogP contribution in [0.3, 0.4) is 0 Å². The van der Waals surface area contributed by atoms with Crippen molar-refractivity contribution in [3.63, 3.8) is 0 Å². The van der Waals surface area contributed by atoms with Crippen molar-refractivity contribution >= 4 is 11.6 Å². The van der Waals surface area contributed by atoms with Crippen LogP contribution in [0.1, 0.15) is 25.3 Å². The van der Waals surface area contributed by atoms with E-state index < -0.39 is 0 Å². The molecule has 0 N–H and O–H groups in total. The molecule has 0 amide bonds. The number of rotatable bonds is 2. The van der Waals surface area contributed by atoms with E-state index in [1.54, 1.807) is 12.1 Å². The van der Waals surface area contributed by atoms with Crippen molar-refractivity contribution in [1.82, 2.24) is 0 Å². The second-order valence-corrected chi connectivity index (χ2v) is 4.84. The summed E-state index contributed by atoms with van der Waals surface area (Å²) in [6.07, 6.45) is 0. The van der Waals surface area contributed by atoms with Crippen LogP contribution < -0.4 is 0 Å². The van der Waals surface area contributed by atoms with E-state index in [2.05, 4.69) is 13.8 Å². The molecular weight excluding hydrogens is 235 g/mol. The number of hydrogen-bond donors (Lipinski definition) is 0. The van der Waals surface area contributed by atoms with Crippen LogP contribution in [0.25, 0.3) is 11.1 Å². The molecule has 0 heterocycles. The fraction of sp³-hybridized carbons (Fsp3) is 0.200. The van der Waals surface area contributed by atoms with Crippen molar-refractivity contribution in [3.05, 3.63) is 58.9 Å². The zero-order valence-corrected chi connectivity index (χ0v) is 10.6. The maximum Gasteiger partial charge on any atom is 0.132 e. The first-order valence-electron chi connectivity index (χ1n) is 5.63. The van der Waals surface area contributed by atoms with Gasteiger partial charge in [0.1, 0.15) is 5.82 Å². The minimum Gasteiger partial charge on any atom is -0.206 e. The van der Waals surface area contributed by atoms with Crippen molar-refractivity contribution < 1.29 is 4.39 Å². The highest BCUT2D eigenvalue weighted by Crippen LogP contribution is 2.26. The van der Waals surface area contributed by atoms with Crippen molar-refractivity contribution in [3.8, 4) is 11.1 Å². The van der Waals surface area contributed by atoms with E-state index in [9.17, 15) is 4.39 Å². The van der Waals surface area contributed by atoms with Crippen molar-refractivity contribution in [2.24, 2.45) is 0 Å². The minimum absolute atomic E-state index is 0.283. The Bertz CT molecular complexity index is 515. The van der Waals surface area contributed by atoms with Crippen LogP contribution in [0.2, 0.25) is 5.02 Å². The molecule has 2 rings (SSSR count). The molecule has 0 aliphatic heterocycles. The highest BCUT2D eigenvalue weighted by atomic mass is 35.5. The first kappa shape index (κ1) is 12.1. The third-order valence-corrected chi connectivity index (χ3v) is 3.05. The van der Waals surface area contributed by atoms with E-state index in [0.717, 1.165) is 5.56 Å². The summed E-state index contributed by atoms with van der Waals surface area (Å²) in [6, 6.07) is 12.7. The molecule has 0 fully saturated rings. The van der Waals surface area contributed by atoms with Crippen LogP contribution in [-0.4, -0.2) is 0 Å². The summed E-state index contributed by atoms with van der Waals surface area (Å²) in [7, 11) is 0. The Labute approximate surface area is 106 Å². The van der Waals surface area contributed by atoms with Crippen molar-refractivity contribution in [1.29, 1.82) is 0 Å². The third kappa shape index (κ3) is 2.67. The Hall–Kier alpha value is -1.34. The molecule has 0 radical (unpaired) electrons. The summed E-state index contributed by atoms with van der Waals surface area (Å²) >= 11 is 5.73. The molecule has 0 bridgehead atoms. The van der Waals surface area contributed by atoms with Gasteiger partial charge in [0.25, 0.3) is 0 Å². The molecule has 2 heteroatoms. The molecule has 0 nitrogen and oxygen atoms in total. The van der Waals surface area contributed by atoms with Gasteiger partial charge < -0.3 is 0 Å². The monoisotopic (exact) mass is 248 g/mol. The fourth-order valence-corrected chi connectivity index (χ4v) is 1.93. The first-order valence-corrected chi connectivity index (χ1v) is 6.01. The lowest BCUT2D eigenvalue weighted by molar-refractivity contribution is 0.631. The summed E-state index contributed by atoms with van der Waals surface area (Å²) in [5.41, 5.74) is 2.72. The van der Waals surface area contributed by atoms with Crippen LogP contribution in [0.4, 0.5) is 4.39 Å². The van der Waals surface area contributed by atoms with Crippen molar-refractivity contribution in [2.45, 2.75) is 19.8 Å². The summed E-state index contributed by atoms with van der Waals surface area (Å²) in [4.78, 5) is 0. The molecule has 88 valence electrons. The molecule has 0 unspecified atom stereocenters. The maximum atomic E-state index is 13.7. The second-order valence-electron chi connectivity index (χ2n) is 4.40. The molecule has 0 saturated carbocycles. The smallest absolute Gasteiger partial charge is 0.132 e. The van der Waals surface area contributed by atoms with E-state index in [4.69, 9.17) is 11.6 Å². The lowest BCUT2D eigenvalue weighted by atomic mass is 9.98. The van der Waals surface area contributed by atoms with Crippen molar-refractivity contribution in [2.75, 3.05) is 0 Å². The normalized spacial score (nSPS) is 10.9. The Morgan fingerprint density at radius 1 is 1.00 bits per heavy atom. The predicted molar refractivity (Wildman–Crippen MR) is 70.9 cm³/mol. The minimum atomic E-state index is -0.283. The van der Waals surface area contributed by atoms with Gasteiger partial charge >= 0.3 is 0 Å². The Balaban J connectivity index is 2.40. The fourth-order valence-electron chi connectivity index (χ4n) is 1.77. The van der Waals surface area contributed by atoms with Crippen LogP contribution in [0.5, 0.6) is 0 Å². The molecule has 17 heavy (non-hydrogen) atoms. The van der Waals surface area contributed by atoms with Gasteiger partial charge in [-0.15, -0.1) is 0 Å². The molecule has 0 aliphatic carbocycles. The van der Waals surface area contributed by atoms with Crippen LogP contribution in [-0.2, 0) is 0 Å². The summed E-state index contributed by atoms with van der Waals surface area (Å²) < 4.78 is 13.7. The molecule has 0 aromatic heterocycles. The van der Waals surface area contributed by atoms with E-state index in [0.29, 0.717) is 16.5 Å². The molecule has 0 aliphatic rings. The summed E-state index contributed by atoms with van der Waals surface area (Å²) in [5.74, 6) is 0.203. The molecule has 0 spiro atoms. The lowest BCUT2D eigenvalue weighted by Gasteiger charge is -2.08. The average Bonchev–Trinajstić information content (AvgIpc) is 2.29. The largest absolute Gasteiger partial charge is 0.206 e. The van der Waals surface area contributed by atoms with Crippen LogP contribution in [0.15, 0.2) is 42.5 Å². The molecule has 0 atom stereocenters. The van der Waals surface area contributed by atoms with Gasteiger partial charge in [-0.3, -0.25) is 0 Å². The van der Waals surface area contributed by atoms with Gasteiger partial charge in [-0.05, 0) is 35.2 Å². The van der Waals surface area contributed by atoms with Gasteiger partial charge in [0, 0.05) is 10.6 Å². The average molecular weight is 249 g/mol. The van der Waals surface area contributed by atoms with Crippen LogP contribution in [0, 0.1) is 5.82 Å². The third-order valence-electron chi connectivity index (χ3n) is 2.82. The first-order chi connectivity index (χ1) is 8.08. The van der Waals surface area contributed by atoms with Gasteiger partial charge in [-0.2, -0.15) is 0 Å². The highest BCUT2D eigenvalue weighted by Gasteiger charge is 2.06. The number of halogens is 2.